The summed E-state index contributed by atoms with van der Waals surface area (Å²) < 4.78 is 1.16. The number of halogens is 1. The molecule has 0 saturated carbocycles. The van der Waals surface area contributed by atoms with Crippen LogP contribution in [0.4, 0.5) is 0 Å². The van der Waals surface area contributed by atoms with Crippen LogP contribution in [-0.2, 0) is 6.51 Å². The molecule has 16 heavy (non-hydrogen) atoms. The van der Waals surface area contributed by atoms with Crippen LogP contribution in [0.15, 0.2) is 0 Å². The molecule has 2 heteroatoms. The van der Waals surface area contributed by atoms with E-state index >= 15 is 0 Å². The summed E-state index contributed by atoms with van der Waals surface area (Å²) >= 11 is 3.06. The van der Waals surface area contributed by atoms with Crippen molar-refractivity contribution in [3.63, 3.8) is 0 Å². The van der Waals surface area contributed by atoms with Gasteiger partial charge in [-0.3, -0.25) is 0 Å². The number of alkyl halides is 1. The Labute approximate surface area is 101 Å². The molecule has 0 aromatic rings. The molecule has 0 aromatic carbocycles. The molecular weight excluding hydrogens is 351 g/mol. The van der Waals surface area contributed by atoms with Gasteiger partial charge in [0.25, 0.3) is 0 Å². The van der Waals surface area contributed by atoms with Gasteiger partial charge in [0.2, 0.25) is 0 Å². The Morgan fingerprint density at radius 1 is 0.812 bits per heavy atom. The maximum atomic E-state index is 3.06. The summed E-state index contributed by atoms with van der Waals surface area (Å²) in [7, 11) is 0. The zero-order valence-electron chi connectivity index (χ0n) is 9.84. The summed E-state index contributed by atoms with van der Waals surface area (Å²) in [6, 6.07) is 0. The Morgan fingerprint density at radius 2 is 1.19 bits per heavy atom. The Balaban J connectivity index is 0.000000132. The van der Waals surface area contributed by atoms with Crippen molar-refractivity contribution < 1.29 is 6.51 Å². The Kier molecular flexibility index (Phi) is 0.256. The van der Waals surface area contributed by atoms with Crippen molar-refractivity contribution in [2.24, 2.45) is 0 Å². The predicted octanol–water partition coefficient (Wildman–Crippen LogP) is 5.52. The van der Waals surface area contributed by atoms with Gasteiger partial charge in [0, 0.05) is 0 Å². The average molecular weight is 370 g/mol. The topological polar surface area (TPSA) is 0 Å². The van der Waals surface area contributed by atoms with Gasteiger partial charge >= 0.3 is 74.8 Å². The number of hydrogen-bond donors (Lipinski definition) is 0. The molecule has 0 N–H and O–H groups in total. The van der Waals surface area contributed by atoms with Crippen LogP contribution in [0, 0.1) is 0 Å². The van der Waals surface area contributed by atoms with Crippen LogP contribution in [-0.4, -0.2) is 2.32 Å². The van der Waals surface area contributed by atoms with E-state index in [4.69, 9.17) is 0 Å². The summed E-state index contributed by atoms with van der Waals surface area (Å²) in [5.41, 5.74) is 0. The van der Waals surface area contributed by atoms with E-state index in [0.717, 1.165) is 2.32 Å². The second-order valence-electron chi connectivity index (χ2n) is 10.6. The second kappa shape index (κ2) is 0.572. The van der Waals surface area contributed by atoms with Gasteiger partial charge in [0.1, 0.15) is 0 Å². The molecule has 0 nitrogen and oxygen atoms in total. The first-order valence-corrected chi connectivity index (χ1v) is 14.7. The molecule has 90 valence electrons. The molecule has 0 bridgehead atoms. The van der Waals surface area contributed by atoms with Crippen LogP contribution in [0.3, 0.4) is 0 Å². The zero-order valence-corrected chi connectivity index (χ0v) is 13.1. The molecule has 0 amide bonds. The Bertz CT molecular complexity index is 784. The molecule has 10 aliphatic heterocycles. The first-order chi connectivity index (χ1) is 7.46. The van der Waals surface area contributed by atoms with Gasteiger partial charge in [0.05, 0.1) is 0 Å². The first kappa shape index (κ1) is 7.14. The number of hydrogen-bond acceptors (Lipinski definition) is 0. The van der Waals surface area contributed by atoms with E-state index in [1.807, 2.05) is 0 Å². The summed E-state index contributed by atoms with van der Waals surface area (Å²) in [5.74, 6) is 0. The third-order valence-corrected chi connectivity index (χ3v) is 67.3. The molecule has 10 rings (SSSR count). The SMILES string of the molecule is CCCC.I[C]12[CH]3[CH]4[CH]5[CH]1[Fe]45321678[CH]2[CH]1[CH]6[CH]7[CH]28. The van der Waals surface area contributed by atoms with E-state index in [1.165, 1.54) is 22.5 Å². The van der Waals surface area contributed by atoms with Crippen molar-refractivity contribution in [2.75, 3.05) is 0 Å². The predicted molar refractivity (Wildman–Crippen MR) is 71.1 cm³/mol. The van der Waals surface area contributed by atoms with E-state index < -0.39 is 6.51 Å². The van der Waals surface area contributed by atoms with Crippen LogP contribution >= 0.6 is 22.6 Å². The van der Waals surface area contributed by atoms with Gasteiger partial charge in [-0.1, -0.05) is 26.7 Å². The van der Waals surface area contributed by atoms with Gasteiger partial charge in [-0.15, -0.1) is 0 Å². The molecule has 0 aromatic heterocycles. The number of fused-ring (bicyclic) bond motifs is 10. The second-order valence-corrected chi connectivity index (χ2v) is 36.9. The van der Waals surface area contributed by atoms with E-state index in [-0.39, 0.29) is 0 Å². The van der Waals surface area contributed by atoms with Crippen molar-refractivity contribution in [2.45, 2.75) is 72.4 Å². The van der Waals surface area contributed by atoms with Crippen LogP contribution in [0.25, 0.3) is 0 Å². The summed E-state index contributed by atoms with van der Waals surface area (Å²) in [6.45, 7) is 1.90. The molecule has 0 aliphatic carbocycles. The Morgan fingerprint density at radius 3 is 1.19 bits per heavy atom. The average Bonchev–Trinajstić information content (AvgIpc) is 3.23. The third-order valence-electron chi connectivity index (χ3n) is 15.0. The van der Waals surface area contributed by atoms with Crippen LogP contribution in [0.2, 0.25) is 43.3 Å². The van der Waals surface area contributed by atoms with E-state index in [1.54, 1.807) is 33.7 Å². The molecule has 4 atom stereocenters. The van der Waals surface area contributed by atoms with Crippen molar-refractivity contribution in [1.82, 2.24) is 0 Å². The fourth-order valence-corrected chi connectivity index (χ4v) is 106. The van der Waals surface area contributed by atoms with Crippen molar-refractivity contribution in [3.05, 3.63) is 0 Å². The van der Waals surface area contributed by atoms with Crippen LogP contribution in [0.5, 0.6) is 0 Å². The first-order valence-electron chi connectivity index (χ1n) is 7.36. The number of rotatable bonds is 1. The van der Waals surface area contributed by atoms with E-state index in [9.17, 15) is 0 Å². The van der Waals surface area contributed by atoms with Crippen LogP contribution < -0.4 is 0 Å². The van der Waals surface area contributed by atoms with Gasteiger partial charge < -0.3 is 0 Å². The van der Waals surface area contributed by atoms with Gasteiger partial charge in [0.15, 0.2) is 0 Å². The molecule has 10 saturated heterocycles. The fraction of sp³-hybridized carbons (Fsp3) is 1.00. The van der Waals surface area contributed by atoms with Gasteiger partial charge in [-0.2, -0.15) is 0 Å². The maximum absolute atomic E-state index is 3.06. The molecule has 10 aliphatic rings. The summed E-state index contributed by atoms with van der Waals surface area (Å²) in [5, 5.41) is 0. The van der Waals surface area contributed by atoms with E-state index in [0.29, 0.717) is 0 Å². The van der Waals surface area contributed by atoms with Gasteiger partial charge in [-0.25, -0.2) is 0 Å². The molecule has 1 spiro atoms. The number of unbranched alkanes of at least 4 members (excludes halogenated alkanes) is 1. The molecule has 10 fully saturated rings. The zero-order chi connectivity index (χ0) is 10.4. The van der Waals surface area contributed by atoms with Crippen molar-refractivity contribution in [1.29, 1.82) is 0 Å². The van der Waals surface area contributed by atoms with Crippen molar-refractivity contribution >= 4 is 22.6 Å². The fourth-order valence-electron chi connectivity index (χ4n) is 15.9. The molecule has 10 heterocycles. The van der Waals surface area contributed by atoms with Crippen molar-refractivity contribution in [3.8, 4) is 0 Å². The minimum absolute atomic E-state index is 1.16. The normalized spacial score (nSPS) is 125. The molecule has 4 unspecified atom stereocenters. The Hall–Kier alpha value is 1.25. The minimum atomic E-state index is -2.46. The van der Waals surface area contributed by atoms with Gasteiger partial charge in [-0.05, 0) is 0 Å². The summed E-state index contributed by atoms with van der Waals surface area (Å²) in [4.78, 5) is 13.9. The standard InChI is InChI=1S/C5H4I.C5H5.C4H10.Fe/c6-5-3-1-2-4-5;1-2-4-5-3-1;1-3-4-2;/h1-4H;1-5H;3-4H2,1-2H3;. The third kappa shape index (κ3) is 0.0668. The quantitative estimate of drug-likeness (QED) is 0.324. The monoisotopic (exact) mass is 370 g/mol. The van der Waals surface area contributed by atoms with E-state index in [2.05, 4.69) is 36.4 Å². The molecular formula is C14H19FeI. The molecule has 0 radical (unpaired) electrons. The summed E-state index contributed by atoms with van der Waals surface area (Å²) in [6.07, 6.45) is 2.64. The van der Waals surface area contributed by atoms with Crippen LogP contribution in [0.1, 0.15) is 26.7 Å².